The monoisotopic (exact) mass is 282 g/mol. The van der Waals surface area contributed by atoms with Crippen LogP contribution < -0.4 is 11.1 Å². The van der Waals surface area contributed by atoms with E-state index in [1.165, 1.54) is 6.07 Å². The second-order valence-electron chi connectivity index (χ2n) is 5.05. The van der Waals surface area contributed by atoms with Gasteiger partial charge in [0.2, 0.25) is 5.91 Å². The molecule has 6 heteroatoms. The maximum Gasteiger partial charge on any atom is 0.337 e. The number of amides is 1. The molecule has 1 aromatic carbocycles. The molecule has 1 aromatic rings. The van der Waals surface area contributed by atoms with Gasteiger partial charge in [0.25, 0.3) is 0 Å². The van der Waals surface area contributed by atoms with Gasteiger partial charge in [0, 0.05) is 6.54 Å². The Labute approximate surface area is 117 Å². The van der Waals surface area contributed by atoms with Crippen molar-refractivity contribution in [2.24, 2.45) is 17.6 Å². The fourth-order valence-electron chi connectivity index (χ4n) is 1.92. The van der Waals surface area contributed by atoms with Crippen molar-refractivity contribution in [3.05, 3.63) is 29.6 Å². The number of halogens is 1. The van der Waals surface area contributed by atoms with E-state index in [0.29, 0.717) is 12.3 Å². The number of hydrogen-bond donors (Lipinski definition) is 3. The summed E-state index contributed by atoms with van der Waals surface area (Å²) in [5.74, 6) is -2.43. The Morgan fingerprint density at radius 2 is 2.05 bits per heavy atom. The van der Waals surface area contributed by atoms with E-state index in [4.69, 9.17) is 10.8 Å². The van der Waals surface area contributed by atoms with E-state index in [2.05, 4.69) is 5.32 Å². The average Bonchev–Trinajstić information content (AvgIpc) is 2.37. The molecule has 1 rings (SSSR count). The van der Waals surface area contributed by atoms with Crippen molar-refractivity contribution in [2.75, 3.05) is 11.9 Å². The predicted molar refractivity (Wildman–Crippen MR) is 74.0 cm³/mol. The van der Waals surface area contributed by atoms with Gasteiger partial charge in [0.05, 0.1) is 17.2 Å². The maximum absolute atomic E-state index is 13.0. The fraction of sp³-hybridized carbons (Fsp3) is 0.429. The van der Waals surface area contributed by atoms with Gasteiger partial charge in [-0.05, 0) is 30.5 Å². The van der Waals surface area contributed by atoms with E-state index in [1.807, 2.05) is 13.8 Å². The molecule has 0 spiro atoms. The molecule has 0 aliphatic carbocycles. The fourth-order valence-corrected chi connectivity index (χ4v) is 1.92. The lowest BCUT2D eigenvalue weighted by molar-refractivity contribution is -0.120. The number of nitrogens with one attached hydrogen (secondary N) is 1. The number of rotatable bonds is 6. The molecule has 0 radical (unpaired) electrons. The summed E-state index contributed by atoms with van der Waals surface area (Å²) in [6.45, 7) is 4.11. The molecule has 0 aromatic heterocycles. The van der Waals surface area contributed by atoms with Crippen LogP contribution in [0.3, 0.4) is 0 Å². The highest BCUT2D eigenvalue weighted by Crippen LogP contribution is 2.19. The normalized spacial score (nSPS) is 12.2. The number of nitrogens with two attached hydrogens (primary N) is 1. The van der Waals surface area contributed by atoms with Crippen LogP contribution in [0.25, 0.3) is 0 Å². The van der Waals surface area contributed by atoms with Gasteiger partial charge in [-0.1, -0.05) is 13.8 Å². The molecule has 5 nitrogen and oxygen atoms in total. The molecule has 0 saturated heterocycles. The molecular weight excluding hydrogens is 263 g/mol. The standard InChI is InChI=1S/C14H19FN2O3/c1-8(2)5-9(7-16)13(18)17-12-4-3-10(15)6-11(12)14(19)20/h3-4,6,8-9H,5,7,16H2,1-2H3,(H,17,18)(H,19,20). The lowest BCUT2D eigenvalue weighted by Gasteiger charge is -2.17. The van der Waals surface area contributed by atoms with Crippen LogP contribution >= 0.6 is 0 Å². The minimum atomic E-state index is -1.30. The Bertz CT molecular complexity index is 503. The van der Waals surface area contributed by atoms with Gasteiger partial charge < -0.3 is 16.2 Å². The molecular formula is C14H19FN2O3. The van der Waals surface area contributed by atoms with E-state index in [-0.39, 0.29) is 23.7 Å². The van der Waals surface area contributed by atoms with Gasteiger partial charge >= 0.3 is 5.97 Å². The molecule has 0 bridgehead atoms. The maximum atomic E-state index is 13.0. The summed E-state index contributed by atoms with van der Waals surface area (Å²) >= 11 is 0. The molecule has 1 unspecified atom stereocenters. The van der Waals surface area contributed by atoms with Gasteiger partial charge in [0.15, 0.2) is 0 Å². The van der Waals surface area contributed by atoms with Crippen LogP contribution in [0.2, 0.25) is 0 Å². The topological polar surface area (TPSA) is 92.4 Å². The molecule has 0 saturated carbocycles. The molecule has 110 valence electrons. The molecule has 1 amide bonds. The smallest absolute Gasteiger partial charge is 0.337 e. The van der Waals surface area contributed by atoms with Gasteiger partial charge in [0.1, 0.15) is 5.82 Å². The Kier molecular flexibility index (Phi) is 5.64. The summed E-state index contributed by atoms with van der Waals surface area (Å²) in [7, 11) is 0. The van der Waals surface area contributed by atoms with E-state index in [1.54, 1.807) is 0 Å². The first kappa shape index (κ1) is 16.1. The average molecular weight is 282 g/mol. The van der Waals surface area contributed by atoms with Crippen LogP contribution in [-0.4, -0.2) is 23.5 Å². The number of hydrogen-bond acceptors (Lipinski definition) is 3. The largest absolute Gasteiger partial charge is 0.478 e. The molecule has 0 aliphatic heterocycles. The summed E-state index contributed by atoms with van der Waals surface area (Å²) < 4.78 is 13.0. The van der Waals surface area contributed by atoms with Crippen molar-refractivity contribution in [3.8, 4) is 0 Å². The lowest BCUT2D eigenvalue weighted by Crippen LogP contribution is -2.31. The Balaban J connectivity index is 2.92. The SMILES string of the molecule is CC(C)CC(CN)C(=O)Nc1ccc(F)cc1C(=O)O. The zero-order chi connectivity index (χ0) is 15.3. The first-order valence-corrected chi connectivity index (χ1v) is 6.39. The van der Waals surface area contributed by atoms with Crippen molar-refractivity contribution in [2.45, 2.75) is 20.3 Å². The highest BCUT2D eigenvalue weighted by molar-refractivity contribution is 6.01. The third-order valence-corrected chi connectivity index (χ3v) is 2.88. The van der Waals surface area contributed by atoms with Crippen molar-refractivity contribution in [1.29, 1.82) is 0 Å². The van der Waals surface area contributed by atoms with E-state index >= 15 is 0 Å². The number of anilines is 1. The Morgan fingerprint density at radius 3 is 2.55 bits per heavy atom. The predicted octanol–water partition coefficient (Wildman–Crippen LogP) is 2.08. The van der Waals surface area contributed by atoms with E-state index in [9.17, 15) is 14.0 Å². The zero-order valence-electron chi connectivity index (χ0n) is 11.5. The number of carbonyl (C=O) groups excluding carboxylic acids is 1. The second kappa shape index (κ2) is 7.00. The lowest BCUT2D eigenvalue weighted by atomic mass is 9.96. The quantitative estimate of drug-likeness (QED) is 0.744. The van der Waals surface area contributed by atoms with E-state index in [0.717, 1.165) is 12.1 Å². The van der Waals surface area contributed by atoms with Crippen molar-refractivity contribution < 1.29 is 19.1 Å². The first-order chi connectivity index (χ1) is 9.35. The molecule has 0 aliphatic rings. The van der Waals surface area contributed by atoms with Crippen LogP contribution in [-0.2, 0) is 4.79 Å². The van der Waals surface area contributed by atoms with Crippen LogP contribution in [0, 0.1) is 17.7 Å². The third kappa shape index (κ3) is 4.31. The number of benzene rings is 1. The summed E-state index contributed by atoms with van der Waals surface area (Å²) in [5, 5.41) is 11.5. The van der Waals surface area contributed by atoms with Crippen molar-refractivity contribution in [1.82, 2.24) is 0 Å². The highest BCUT2D eigenvalue weighted by Gasteiger charge is 2.20. The Morgan fingerprint density at radius 1 is 1.40 bits per heavy atom. The molecule has 20 heavy (non-hydrogen) atoms. The van der Waals surface area contributed by atoms with Crippen LogP contribution in [0.5, 0.6) is 0 Å². The van der Waals surface area contributed by atoms with Gasteiger partial charge in [-0.3, -0.25) is 4.79 Å². The number of carboxylic acid groups (broad SMARTS) is 1. The van der Waals surface area contributed by atoms with Gasteiger partial charge in [-0.2, -0.15) is 0 Å². The Hall–Kier alpha value is -1.95. The van der Waals surface area contributed by atoms with Crippen LogP contribution in [0.4, 0.5) is 10.1 Å². The first-order valence-electron chi connectivity index (χ1n) is 6.39. The summed E-state index contributed by atoms with van der Waals surface area (Å²) in [4.78, 5) is 23.1. The number of aromatic carboxylic acids is 1. The summed E-state index contributed by atoms with van der Waals surface area (Å²) in [6.07, 6.45) is 0.603. The summed E-state index contributed by atoms with van der Waals surface area (Å²) in [5.41, 5.74) is 5.36. The third-order valence-electron chi connectivity index (χ3n) is 2.88. The van der Waals surface area contributed by atoms with E-state index < -0.39 is 17.7 Å². The highest BCUT2D eigenvalue weighted by atomic mass is 19.1. The molecule has 1 atom stereocenters. The summed E-state index contributed by atoms with van der Waals surface area (Å²) in [6, 6.07) is 3.21. The number of carboxylic acids is 1. The molecule has 0 heterocycles. The van der Waals surface area contributed by atoms with Gasteiger partial charge in [-0.15, -0.1) is 0 Å². The molecule has 4 N–H and O–H groups in total. The minimum Gasteiger partial charge on any atom is -0.478 e. The van der Waals surface area contributed by atoms with Crippen molar-refractivity contribution >= 4 is 17.6 Å². The number of carbonyl (C=O) groups is 2. The zero-order valence-corrected chi connectivity index (χ0v) is 11.5. The van der Waals surface area contributed by atoms with Gasteiger partial charge in [-0.25, -0.2) is 9.18 Å². The van der Waals surface area contributed by atoms with Crippen molar-refractivity contribution in [3.63, 3.8) is 0 Å². The molecule has 0 fully saturated rings. The minimum absolute atomic E-state index is 0.0751. The second-order valence-corrected chi connectivity index (χ2v) is 5.05. The van der Waals surface area contributed by atoms with Crippen LogP contribution in [0.15, 0.2) is 18.2 Å². The van der Waals surface area contributed by atoms with Crippen LogP contribution in [0.1, 0.15) is 30.6 Å².